The molecule has 0 bridgehead atoms. The van der Waals surface area contributed by atoms with Crippen molar-refractivity contribution >= 4 is 23.3 Å². The second-order valence-electron chi connectivity index (χ2n) is 6.45. The number of hydrogen-bond acceptors (Lipinski definition) is 5. The van der Waals surface area contributed by atoms with Crippen molar-refractivity contribution in [1.29, 1.82) is 0 Å². The summed E-state index contributed by atoms with van der Waals surface area (Å²) in [4.78, 5) is 25.7. The van der Waals surface area contributed by atoms with Crippen molar-refractivity contribution < 1.29 is 19.1 Å². The topological polar surface area (TPSA) is 90.6 Å². The van der Waals surface area contributed by atoms with E-state index in [0.717, 1.165) is 5.56 Å². The summed E-state index contributed by atoms with van der Waals surface area (Å²) in [5.41, 5.74) is 8.44. The number of rotatable bonds is 6. The highest BCUT2D eigenvalue weighted by Gasteiger charge is 2.26. The van der Waals surface area contributed by atoms with E-state index in [1.807, 2.05) is 6.07 Å². The summed E-state index contributed by atoms with van der Waals surface area (Å²) in [7, 11) is 1.56. The number of anilines is 2. The predicted molar refractivity (Wildman–Crippen MR) is 112 cm³/mol. The molecule has 0 aliphatic rings. The third-order valence-electron chi connectivity index (χ3n) is 4.47. The minimum Gasteiger partial charge on any atom is -0.497 e. The number of carbonyl (C=O) groups excluding carboxylic acids is 2. The monoisotopic (exact) mass is 390 g/mol. The van der Waals surface area contributed by atoms with E-state index >= 15 is 0 Å². The quantitative estimate of drug-likeness (QED) is 0.488. The largest absolute Gasteiger partial charge is 0.497 e. The Morgan fingerprint density at radius 2 is 1.62 bits per heavy atom. The molecule has 0 saturated carbocycles. The Kier molecular flexibility index (Phi) is 6.14. The van der Waals surface area contributed by atoms with Gasteiger partial charge < -0.3 is 20.5 Å². The summed E-state index contributed by atoms with van der Waals surface area (Å²) in [6.45, 7) is 1.80. The van der Waals surface area contributed by atoms with Crippen LogP contribution in [0.1, 0.15) is 27.6 Å². The van der Waals surface area contributed by atoms with Gasteiger partial charge in [0.1, 0.15) is 5.75 Å². The highest BCUT2D eigenvalue weighted by molar-refractivity contribution is 6.00. The molecule has 3 N–H and O–H groups in total. The second kappa shape index (κ2) is 8.93. The van der Waals surface area contributed by atoms with Gasteiger partial charge in [-0.2, -0.15) is 0 Å². The van der Waals surface area contributed by atoms with Gasteiger partial charge in [0.25, 0.3) is 5.91 Å². The number of nitrogens with one attached hydrogen (secondary N) is 1. The van der Waals surface area contributed by atoms with Crippen molar-refractivity contribution in [2.24, 2.45) is 0 Å². The van der Waals surface area contributed by atoms with Crippen LogP contribution in [-0.4, -0.2) is 19.0 Å². The van der Waals surface area contributed by atoms with Crippen molar-refractivity contribution in [3.8, 4) is 5.75 Å². The maximum absolute atomic E-state index is 12.9. The van der Waals surface area contributed by atoms with E-state index in [9.17, 15) is 9.59 Å². The Hall–Kier alpha value is -3.80. The molecule has 0 radical (unpaired) electrons. The van der Waals surface area contributed by atoms with E-state index in [1.54, 1.807) is 80.8 Å². The average Bonchev–Trinajstić information content (AvgIpc) is 2.75. The number of nitrogen functional groups attached to an aromatic ring is 1. The fraction of sp³-hybridized carbons (Fsp3) is 0.130. The molecule has 3 aromatic carbocycles. The zero-order valence-electron chi connectivity index (χ0n) is 16.2. The number of esters is 1. The molecule has 1 amide bonds. The summed E-state index contributed by atoms with van der Waals surface area (Å²) in [6.07, 6.45) is -1.13. The molecular weight excluding hydrogens is 368 g/mol. The van der Waals surface area contributed by atoms with Crippen molar-refractivity contribution in [2.45, 2.75) is 13.0 Å². The first-order valence-corrected chi connectivity index (χ1v) is 9.05. The predicted octanol–water partition coefficient (Wildman–Crippen LogP) is 4.12. The summed E-state index contributed by atoms with van der Waals surface area (Å²) in [5.74, 6) is -0.463. The van der Waals surface area contributed by atoms with Gasteiger partial charge in [0.2, 0.25) is 6.10 Å². The van der Waals surface area contributed by atoms with E-state index in [-0.39, 0.29) is 5.56 Å². The summed E-state index contributed by atoms with van der Waals surface area (Å²) in [6, 6.07) is 20.8. The first-order valence-electron chi connectivity index (χ1n) is 9.05. The second-order valence-corrected chi connectivity index (χ2v) is 6.45. The number of benzene rings is 3. The van der Waals surface area contributed by atoms with Crippen molar-refractivity contribution in [2.75, 3.05) is 18.2 Å². The molecule has 0 aliphatic heterocycles. The van der Waals surface area contributed by atoms with Crippen LogP contribution < -0.4 is 15.8 Å². The molecule has 0 aromatic heterocycles. The lowest BCUT2D eigenvalue weighted by Crippen LogP contribution is -2.26. The minimum atomic E-state index is -1.13. The van der Waals surface area contributed by atoms with Gasteiger partial charge in [-0.25, -0.2) is 4.79 Å². The molecular formula is C23H22N2O4. The molecule has 1 atom stereocenters. The average molecular weight is 390 g/mol. The highest BCUT2D eigenvalue weighted by Crippen LogP contribution is 2.25. The molecule has 0 fully saturated rings. The molecule has 148 valence electrons. The summed E-state index contributed by atoms with van der Waals surface area (Å²) in [5, 5.41) is 2.77. The third kappa shape index (κ3) is 4.73. The zero-order chi connectivity index (χ0) is 20.8. The molecule has 0 heterocycles. The van der Waals surface area contributed by atoms with Crippen LogP contribution in [0.4, 0.5) is 11.4 Å². The number of para-hydroxylation sites is 1. The fourth-order valence-electron chi connectivity index (χ4n) is 2.81. The fourth-order valence-corrected chi connectivity index (χ4v) is 2.81. The van der Waals surface area contributed by atoms with Gasteiger partial charge in [0, 0.05) is 16.9 Å². The Morgan fingerprint density at radius 3 is 2.28 bits per heavy atom. The molecule has 0 aliphatic carbocycles. The molecule has 1 unspecified atom stereocenters. The number of amides is 1. The Bertz CT molecular complexity index is 1000. The third-order valence-corrected chi connectivity index (χ3v) is 4.47. The van der Waals surface area contributed by atoms with E-state index in [1.165, 1.54) is 0 Å². The Balaban J connectivity index is 1.85. The smallest absolute Gasteiger partial charge is 0.341 e. The molecule has 6 nitrogen and oxygen atoms in total. The van der Waals surface area contributed by atoms with Gasteiger partial charge >= 0.3 is 5.97 Å². The summed E-state index contributed by atoms with van der Waals surface area (Å²) >= 11 is 0. The summed E-state index contributed by atoms with van der Waals surface area (Å²) < 4.78 is 10.7. The van der Waals surface area contributed by atoms with E-state index < -0.39 is 18.0 Å². The molecule has 0 saturated heterocycles. The zero-order valence-corrected chi connectivity index (χ0v) is 16.2. The lowest BCUT2D eigenvalue weighted by Gasteiger charge is -2.19. The van der Waals surface area contributed by atoms with Crippen LogP contribution in [0.2, 0.25) is 0 Å². The Labute approximate surface area is 169 Å². The SMILES string of the molecule is COc1ccc(NC(=O)C(OC(=O)c2cccc(C)c2N)c2ccccc2)cc1. The van der Waals surface area contributed by atoms with Gasteiger partial charge in [0.15, 0.2) is 0 Å². The Morgan fingerprint density at radius 1 is 0.931 bits per heavy atom. The number of carbonyl (C=O) groups is 2. The standard InChI is InChI=1S/C23H22N2O4/c1-15-7-6-10-19(20(15)24)23(27)29-21(16-8-4-3-5-9-16)22(26)25-17-11-13-18(28-2)14-12-17/h3-14,21H,24H2,1-2H3,(H,25,26). The van der Waals surface area contributed by atoms with Crippen LogP contribution >= 0.6 is 0 Å². The van der Waals surface area contributed by atoms with E-state index in [2.05, 4.69) is 5.32 Å². The van der Waals surface area contributed by atoms with Gasteiger partial charge in [-0.3, -0.25) is 4.79 Å². The van der Waals surface area contributed by atoms with Crippen LogP contribution in [0.5, 0.6) is 5.75 Å². The van der Waals surface area contributed by atoms with Gasteiger partial charge in [0.05, 0.1) is 12.7 Å². The lowest BCUT2D eigenvalue weighted by molar-refractivity contribution is -0.125. The van der Waals surface area contributed by atoms with Crippen LogP contribution in [0.25, 0.3) is 0 Å². The van der Waals surface area contributed by atoms with Crippen LogP contribution in [-0.2, 0) is 9.53 Å². The number of ether oxygens (including phenoxy) is 2. The minimum absolute atomic E-state index is 0.225. The van der Waals surface area contributed by atoms with Crippen LogP contribution in [0, 0.1) is 6.92 Å². The number of nitrogens with two attached hydrogens (primary N) is 1. The highest BCUT2D eigenvalue weighted by atomic mass is 16.5. The van der Waals surface area contributed by atoms with Gasteiger partial charge in [-0.15, -0.1) is 0 Å². The normalized spacial score (nSPS) is 11.4. The molecule has 3 rings (SSSR count). The number of methoxy groups -OCH3 is 1. The first-order chi connectivity index (χ1) is 14.0. The number of hydrogen-bond donors (Lipinski definition) is 2. The molecule has 3 aromatic rings. The molecule has 0 spiro atoms. The lowest BCUT2D eigenvalue weighted by atomic mass is 10.1. The maximum Gasteiger partial charge on any atom is 0.341 e. The molecule has 6 heteroatoms. The van der Waals surface area contributed by atoms with Gasteiger partial charge in [-0.05, 0) is 42.8 Å². The van der Waals surface area contributed by atoms with Crippen molar-refractivity contribution in [3.63, 3.8) is 0 Å². The van der Waals surface area contributed by atoms with Crippen LogP contribution in [0.15, 0.2) is 72.8 Å². The van der Waals surface area contributed by atoms with Gasteiger partial charge in [-0.1, -0.05) is 42.5 Å². The van der Waals surface area contributed by atoms with E-state index in [4.69, 9.17) is 15.2 Å². The van der Waals surface area contributed by atoms with Crippen molar-refractivity contribution in [1.82, 2.24) is 0 Å². The van der Waals surface area contributed by atoms with E-state index in [0.29, 0.717) is 22.7 Å². The van der Waals surface area contributed by atoms with Crippen LogP contribution in [0.3, 0.4) is 0 Å². The first kappa shape index (κ1) is 19.9. The maximum atomic E-state index is 12.9. The van der Waals surface area contributed by atoms with Crippen molar-refractivity contribution in [3.05, 3.63) is 89.5 Å². The number of aryl methyl sites for hydroxylation is 1. The molecule has 29 heavy (non-hydrogen) atoms.